The van der Waals surface area contributed by atoms with Gasteiger partial charge >= 0.3 is 12.1 Å². The molecule has 0 aliphatic heterocycles. The standard InChI is InChI=1S/C24H29NO6/c1-29-22-12-6-11-21(14-22)25(20-9-3-2-4-10-20)24(28)31-16-19-8-5-7-18(13-19)15-30-17-23(26)27/h2-4,6,9-12,14,18-19H,5,7-8,13,15-17H2,1H3,(H,26,27). The lowest BCUT2D eigenvalue weighted by atomic mass is 9.82. The van der Waals surface area contributed by atoms with Crippen molar-refractivity contribution in [1.29, 1.82) is 0 Å². The molecule has 166 valence electrons. The van der Waals surface area contributed by atoms with Gasteiger partial charge in [0.15, 0.2) is 0 Å². The van der Waals surface area contributed by atoms with Crippen molar-refractivity contribution in [2.45, 2.75) is 25.7 Å². The van der Waals surface area contributed by atoms with Gasteiger partial charge in [0.05, 0.1) is 31.7 Å². The van der Waals surface area contributed by atoms with Crippen LogP contribution in [0.2, 0.25) is 0 Å². The first-order valence-electron chi connectivity index (χ1n) is 10.5. The van der Waals surface area contributed by atoms with E-state index in [1.54, 1.807) is 18.1 Å². The number of rotatable bonds is 9. The van der Waals surface area contributed by atoms with Crippen LogP contribution in [0, 0.1) is 11.8 Å². The normalized spacial score (nSPS) is 18.2. The van der Waals surface area contributed by atoms with E-state index in [0.29, 0.717) is 36.3 Å². The summed E-state index contributed by atoms with van der Waals surface area (Å²) in [4.78, 5) is 25.3. The molecule has 1 aliphatic carbocycles. The molecule has 2 unspecified atom stereocenters. The monoisotopic (exact) mass is 427 g/mol. The molecule has 2 aromatic carbocycles. The van der Waals surface area contributed by atoms with Gasteiger partial charge in [-0.25, -0.2) is 14.5 Å². The number of aliphatic carboxylic acids is 1. The van der Waals surface area contributed by atoms with Crippen LogP contribution in [-0.2, 0) is 14.3 Å². The number of hydrogen-bond donors (Lipinski definition) is 1. The average molecular weight is 427 g/mol. The fraction of sp³-hybridized carbons (Fsp3) is 0.417. The van der Waals surface area contributed by atoms with Gasteiger partial charge in [0.25, 0.3) is 0 Å². The molecule has 0 radical (unpaired) electrons. The fourth-order valence-corrected chi connectivity index (χ4v) is 3.96. The van der Waals surface area contributed by atoms with Crippen molar-refractivity contribution < 1.29 is 28.9 Å². The zero-order valence-corrected chi connectivity index (χ0v) is 17.7. The van der Waals surface area contributed by atoms with E-state index in [9.17, 15) is 9.59 Å². The van der Waals surface area contributed by atoms with Crippen molar-refractivity contribution in [3.63, 3.8) is 0 Å². The first kappa shape index (κ1) is 22.6. The maximum atomic E-state index is 13.1. The SMILES string of the molecule is COc1cccc(N(C(=O)OCC2CCCC(COCC(=O)O)C2)c2ccccc2)c1. The molecule has 1 fully saturated rings. The molecule has 7 nitrogen and oxygen atoms in total. The van der Waals surface area contributed by atoms with Gasteiger partial charge in [0.1, 0.15) is 12.4 Å². The first-order chi connectivity index (χ1) is 15.1. The van der Waals surface area contributed by atoms with E-state index in [1.165, 1.54) is 0 Å². The Hall–Kier alpha value is -3.06. The number of benzene rings is 2. The van der Waals surface area contributed by atoms with Crippen LogP contribution in [0.5, 0.6) is 5.75 Å². The Bertz CT molecular complexity index is 856. The molecule has 7 heteroatoms. The Kier molecular flexibility index (Phi) is 8.29. The van der Waals surface area contributed by atoms with E-state index >= 15 is 0 Å². The van der Waals surface area contributed by atoms with Crippen LogP contribution in [0.25, 0.3) is 0 Å². The molecule has 0 spiro atoms. The number of anilines is 2. The van der Waals surface area contributed by atoms with E-state index in [-0.39, 0.29) is 12.5 Å². The lowest BCUT2D eigenvalue weighted by Gasteiger charge is -2.29. The fourth-order valence-electron chi connectivity index (χ4n) is 3.96. The third-order valence-electron chi connectivity index (χ3n) is 5.42. The number of carbonyl (C=O) groups is 2. The number of methoxy groups -OCH3 is 1. The Morgan fingerprint density at radius 2 is 1.71 bits per heavy atom. The van der Waals surface area contributed by atoms with Crippen molar-refractivity contribution in [2.75, 3.05) is 31.8 Å². The lowest BCUT2D eigenvalue weighted by molar-refractivity contribution is -0.142. The van der Waals surface area contributed by atoms with Gasteiger partial charge in [-0.15, -0.1) is 0 Å². The third kappa shape index (κ3) is 6.72. The van der Waals surface area contributed by atoms with Crippen LogP contribution >= 0.6 is 0 Å². The zero-order valence-electron chi connectivity index (χ0n) is 17.7. The predicted molar refractivity (Wildman–Crippen MR) is 117 cm³/mol. The van der Waals surface area contributed by atoms with Crippen molar-refractivity contribution in [3.05, 3.63) is 54.6 Å². The average Bonchev–Trinajstić information content (AvgIpc) is 2.79. The highest BCUT2D eigenvalue weighted by Gasteiger charge is 2.26. The Morgan fingerprint density at radius 3 is 2.42 bits per heavy atom. The number of carboxylic acids is 1. The second kappa shape index (κ2) is 11.4. The summed E-state index contributed by atoms with van der Waals surface area (Å²) in [7, 11) is 1.59. The van der Waals surface area contributed by atoms with Crippen molar-refractivity contribution in [3.8, 4) is 5.75 Å². The van der Waals surface area contributed by atoms with Gasteiger partial charge < -0.3 is 19.3 Å². The quantitative estimate of drug-likeness (QED) is 0.614. The van der Waals surface area contributed by atoms with E-state index in [4.69, 9.17) is 19.3 Å². The molecule has 2 atom stereocenters. The van der Waals surface area contributed by atoms with E-state index < -0.39 is 12.1 Å². The summed E-state index contributed by atoms with van der Waals surface area (Å²) in [6.07, 6.45) is 3.42. The molecule has 1 amide bonds. The summed E-state index contributed by atoms with van der Waals surface area (Å²) in [6, 6.07) is 16.7. The van der Waals surface area contributed by atoms with Crippen LogP contribution in [0.3, 0.4) is 0 Å². The number of amides is 1. The van der Waals surface area contributed by atoms with Gasteiger partial charge in [0, 0.05) is 6.07 Å². The minimum Gasteiger partial charge on any atom is -0.497 e. The number of carbonyl (C=O) groups excluding carboxylic acids is 1. The number of carboxylic acid groups (broad SMARTS) is 1. The highest BCUT2D eigenvalue weighted by molar-refractivity contribution is 5.96. The summed E-state index contributed by atoms with van der Waals surface area (Å²) in [5.41, 5.74) is 1.38. The topological polar surface area (TPSA) is 85.3 Å². The van der Waals surface area contributed by atoms with Crippen molar-refractivity contribution in [2.24, 2.45) is 11.8 Å². The zero-order chi connectivity index (χ0) is 22.1. The maximum absolute atomic E-state index is 13.1. The number of ether oxygens (including phenoxy) is 3. The first-order valence-corrected chi connectivity index (χ1v) is 10.5. The highest BCUT2D eigenvalue weighted by Crippen LogP contribution is 2.32. The summed E-state index contributed by atoms with van der Waals surface area (Å²) in [5, 5.41) is 8.72. The Balaban J connectivity index is 1.63. The number of hydrogen-bond acceptors (Lipinski definition) is 5. The van der Waals surface area contributed by atoms with Crippen LogP contribution in [-0.4, -0.2) is 44.1 Å². The van der Waals surface area contributed by atoms with Gasteiger partial charge in [-0.05, 0) is 55.4 Å². The molecule has 1 aliphatic rings. The minimum absolute atomic E-state index is 0.235. The molecule has 0 saturated heterocycles. The molecule has 1 N–H and O–H groups in total. The summed E-state index contributed by atoms with van der Waals surface area (Å²) < 4.78 is 16.3. The Labute approximate surface area is 182 Å². The third-order valence-corrected chi connectivity index (χ3v) is 5.42. The van der Waals surface area contributed by atoms with Crippen molar-refractivity contribution in [1.82, 2.24) is 0 Å². The summed E-state index contributed by atoms with van der Waals surface area (Å²) >= 11 is 0. The molecular weight excluding hydrogens is 398 g/mol. The second-order valence-corrected chi connectivity index (χ2v) is 7.76. The van der Waals surface area contributed by atoms with Crippen molar-refractivity contribution >= 4 is 23.4 Å². The second-order valence-electron chi connectivity index (χ2n) is 7.76. The molecule has 3 rings (SSSR count). The molecule has 1 saturated carbocycles. The lowest BCUT2D eigenvalue weighted by Crippen LogP contribution is -2.30. The van der Waals surface area contributed by atoms with Crippen LogP contribution in [0.1, 0.15) is 25.7 Å². The number of nitrogens with zero attached hydrogens (tertiary/aromatic N) is 1. The van der Waals surface area contributed by atoms with Crippen LogP contribution in [0.4, 0.5) is 16.2 Å². The smallest absolute Gasteiger partial charge is 0.418 e. The van der Waals surface area contributed by atoms with E-state index in [1.807, 2.05) is 48.5 Å². The summed E-state index contributed by atoms with van der Waals surface area (Å²) in [5.74, 6) is 0.224. The van der Waals surface area contributed by atoms with Gasteiger partial charge in [-0.2, -0.15) is 0 Å². The van der Waals surface area contributed by atoms with Gasteiger partial charge in [-0.1, -0.05) is 30.7 Å². The molecule has 0 heterocycles. The predicted octanol–water partition coefficient (Wildman–Crippen LogP) is 4.88. The molecule has 31 heavy (non-hydrogen) atoms. The van der Waals surface area contributed by atoms with Gasteiger partial charge in [-0.3, -0.25) is 0 Å². The molecule has 0 bridgehead atoms. The maximum Gasteiger partial charge on any atom is 0.418 e. The minimum atomic E-state index is -0.958. The molecule has 2 aromatic rings. The largest absolute Gasteiger partial charge is 0.497 e. The summed E-state index contributed by atoms with van der Waals surface area (Å²) in [6.45, 7) is 0.473. The van der Waals surface area contributed by atoms with Gasteiger partial charge in [0.2, 0.25) is 0 Å². The van der Waals surface area contributed by atoms with E-state index in [2.05, 4.69) is 0 Å². The molecule has 0 aromatic heterocycles. The molecular formula is C24H29NO6. The highest BCUT2D eigenvalue weighted by atomic mass is 16.6. The van der Waals surface area contributed by atoms with Crippen LogP contribution < -0.4 is 9.64 Å². The number of para-hydroxylation sites is 1. The van der Waals surface area contributed by atoms with E-state index in [0.717, 1.165) is 25.7 Å². The van der Waals surface area contributed by atoms with Crippen LogP contribution in [0.15, 0.2) is 54.6 Å². The Morgan fingerprint density at radius 1 is 1.00 bits per heavy atom.